The lowest BCUT2D eigenvalue weighted by atomic mass is 10.2. The summed E-state index contributed by atoms with van der Waals surface area (Å²) in [6.07, 6.45) is 1.63. The molecule has 0 atom stereocenters. The van der Waals surface area contributed by atoms with E-state index in [-0.39, 0.29) is 17.4 Å². The Bertz CT molecular complexity index is 1160. The molecule has 1 amide bonds. The molecule has 3 aromatic carbocycles. The van der Waals surface area contributed by atoms with Crippen LogP contribution in [0.1, 0.15) is 5.56 Å². The van der Waals surface area contributed by atoms with Gasteiger partial charge in [0.05, 0.1) is 10.6 Å². The van der Waals surface area contributed by atoms with E-state index in [4.69, 9.17) is 21.5 Å². The highest BCUT2D eigenvalue weighted by Crippen LogP contribution is 2.17. The average Bonchev–Trinajstić information content (AvgIpc) is 2.71. The molecule has 0 unspecified atom stereocenters. The van der Waals surface area contributed by atoms with Crippen molar-refractivity contribution in [3.63, 3.8) is 0 Å². The number of benzene rings is 3. The molecule has 30 heavy (non-hydrogen) atoms. The van der Waals surface area contributed by atoms with Gasteiger partial charge in [-0.25, -0.2) is 13.6 Å². The third kappa shape index (κ3) is 6.41. The van der Waals surface area contributed by atoms with Gasteiger partial charge in [-0.2, -0.15) is 0 Å². The maximum absolute atomic E-state index is 12.0. The summed E-state index contributed by atoms with van der Waals surface area (Å²) in [6, 6.07) is 19.8. The number of amides is 1. The number of sulfonamides is 1. The lowest BCUT2D eigenvalue weighted by Crippen LogP contribution is -2.20. The van der Waals surface area contributed by atoms with Crippen molar-refractivity contribution in [3.8, 4) is 5.75 Å². The van der Waals surface area contributed by atoms with E-state index in [0.717, 1.165) is 5.56 Å². The first kappa shape index (κ1) is 21.5. The second-order valence-corrected chi connectivity index (χ2v) is 8.21. The molecule has 0 aliphatic heterocycles. The summed E-state index contributed by atoms with van der Waals surface area (Å²) in [5.74, 6) is 0.233. The number of ether oxygens (including phenoxy) is 1. The smallest absolute Gasteiger partial charge is 0.262 e. The Hall–Kier alpha value is -3.20. The second-order valence-electron chi connectivity index (χ2n) is 6.21. The number of hydrogen-bond acceptors (Lipinski definition) is 5. The molecule has 9 heteroatoms. The number of carbonyl (C=O) groups excluding carboxylic acids is 1. The van der Waals surface area contributed by atoms with Crippen molar-refractivity contribution in [3.05, 3.63) is 83.4 Å². The standard InChI is InChI=1S/C21H18ClN3O4S/c22-16-2-1-3-18(12-16)25-21(26)14-29-19-8-4-15(5-9-19)13-24-17-6-10-20(11-7-17)30(23,27)28/h1-13H,14H2,(H,25,26)(H2,23,27,28). The zero-order valence-corrected chi connectivity index (χ0v) is 17.2. The SMILES string of the molecule is NS(=O)(=O)c1ccc(N=Cc2ccc(OCC(=O)Nc3cccc(Cl)c3)cc2)cc1. The molecule has 3 N–H and O–H groups in total. The average molecular weight is 444 g/mol. The number of hydrogen-bond donors (Lipinski definition) is 2. The molecular weight excluding hydrogens is 426 g/mol. The van der Waals surface area contributed by atoms with Crippen molar-refractivity contribution in [2.45, 2.75) is 4.90 Å². The van der Waals surface area contributed by atoms with Crippen LogP contribution in [0.25, 0.3) is 0 Å². The Kier molecular flexibility index (Phi) is 6.83. The Morgan fingerprint density at radius 2 is 1.77 bits per heavy atom. The van der Waals surface area contributed by atoms with Gasteiger partial charge in [-0.1, -0.05) is 17.7 Å². The predicted octanol–water partition coefficient (Wildman–Crippen LogP) is 3.76. The third-order valence-corrected chi connectivity index (χ3v) is 5.05. The van der Waals surface area contributed by atoms with E-state index >= 15 is 0 Å². The minimum atomic E-state index is -3.72. The van der Waals surface area contributed by atoms with E-state index in [1.807, 2.05) is 0 Å². The van der Waals surface area contributed by atoms with Crippen LogP contribution in [0.3, 0.4) is 0 Å². The number of nitrogens with zero attached hydrogens (tertiary/aromatic N) is 1. The normalized spacial score (nSPS) is 11.4. The van der Waals surface area contributed by atoms with Crippen LogP contribution in [0.5, 0.6) is 5.75 Å². The monoisotopic (exact) mass is 443 g/mol. The van der Waals surface area contributed by atoms with Crippen LogP contribution in [0.2, 0.25) is 5.02 Å². The Balaban J connectivity index is 1.53. The summed E-state index contributed by atoms with van der Waals surface area (Å²) < 4.78 is 28.0. The number of aliphatic imine (C=N–C) groups is 1. The van der Waals surface area contributed by atoms with E-state index in [0.29, 0.717) is 22.1 Å². The number of nitrogens with one attached hydrogen (secondary N) is 1. The van der Waals surface area contributed by atoms with Crippen LogP contribution in [0.4, 0.5) is 11.4 Å². The Labute approximate surface area is 179 Å². The van der Waals surface area contributed by atoms with E-state index in [1.54, 1.807) is 66.9 Å². The molecule has 0 bridgehead atoms. The summed E-state index contributed by atoms with van der Waals surface area (Å²) in [4.78, 5) is 16.3. The number of rotatable bonds is 7. The molecule has 3 rings (SSSR count). The lowest BCUT2D eigenvalue weighted by molar-refractivity contribution is -0.118. The van der Waals surface area contributed by atoms with E-state index in [2.05, 4.69) is 10.3 Å². The van der Waals surface area contributed by atoms with Gasteiger partial charge in [-0.3, -0.25) is 9.79 Å². The molecule has 0 saturated heterocycles. The van der Waals surface area contributed by atoms with Gasteiger partial charge in [0, 0.05) is 16.9 Å². The fourth-order valence-corrected chi connectivity index (χ4v) is 3.14. The van der Waals surface area contributed by atoms with Crippen LogP contribution in [-0.4, -0.2) is 27.1 Å². The van der Waals surface area contributed by atoms with E-state index in [1.165, 1.54) is 12.1 Å². The van der Waals surface area contributed by atoms with E-state index in [9.17, 15) is 13.2 Å². The van der Waals surface area contributed by atoms with Crippen molar-refractivity contribution in [1.82, 2.24) is 0 Å². The van der Waals surface area contributed by atoms with Crippen LogP contribution in [0, 0.1) is 0 Å². The minimum absolute atomic E-state index is 0.0300. The fourth-order valence-electron chi connectivity index (χ4n) is 2.43. The zero-order chi connectivity index (χ0) is 21.6. The Morgan fingerprint density at radius 1 is 1.07 bits per heavy atom. The number of halogens is 1. The van der Waals surface area contributed by atoms with Crippen LogP contribution in [-0.2, 0) is 14.8 Å². The molecule has 3 aromatic rings. The van der Waals surface area contributed by atoms with Gasteiger partial charge in [0.25, 0.3) is 5.91 Å². The fraction of sp³-hybridized carbons (Fsp3) is 0.0476. The summed E-state index contributed by atoms with van der Waals surface area (Å²) in [5.41, 5.74) is 1.99. The molecule has 0 fully saturated rings. The third-order valence-electron chi connectivity index (χ3n) is 3.89. The molecule has 0 aliphatic rings. The second kappa shape index (κ2) is 9.53. The largest absolute Gasteiger partial charge is 0.484 e. The molecule has 7 nitrogen and oxygen atoms in total. The summed E-state index contributed by atoms with van der Waals surface area (Å²) >= 11 is 5.88. The van der Waals surface area contributed by atoms with Gasteiger partial charge in [0.1, 0.15) is 5.75 Å². The highest BCUT2D eigenvalue weighted by atomic mass is 35.5. The summed E-state index contributed by atoms with van der Waals surface area (Å²) in [6.45, 7) is -0.143. The molecule has 0 aliphatic carbocycles. The summed E-state index contributed by atoms with van der Waals surface area (Å²) in [7, 11) is -3.72. The van der Waals surface area contributed by atoms with Gasteiger partial charge in [0.2, 0.25) is 10.0 Å². The molecule has 0 aromatic heterocycles. The maximum Gasteiger partial charge on any atom is 0.262 e. The molecule has 0 radical (unpaired) electrons. The number of anilines is 1. The van der Waals surface area contributed by atoms with Gasteiger partial charge in [-0.05, 0) is 72.3 Å². The maximum atomic E-state index is 12.0. The van der Waals surface area contributed by atoms with Crippen molar-refractivity contribution < 1.29 is 17.9 Å². The van der Waals surface area contributed by atoms with Crippen molar-refractivity contribution in [1.29, 1.82) is 0 Å². The zero-order valence-electron chi connectivity index (χ0n) is 15.7. The minimum Gasteiger partial charge on any atom is -0.484 e. The molecular formula is C21H18ClN3O4S. The van der Waals surface area contributed by atoms with Crippen molar-refractivity contribution >= 4 is 45.1 Å². The summed E-state index contributed by atoms with van der Waals surface area (Å²) in [5, 5.41) is 8.30. The molecule has 154 valence electrons. The van der Waals surface area contributed by atoms with Gasteiger partial charge in [0.15, 0.2) is 6.61 Å². The number of nitrogens with two attached hydrogens (primary N) is 1. The number of carbonyl (C=O) groups is 1. The lowest BCUT2D eigenvalue weighted by Gasteiger charge is -2.08. The van der Waals surface area contributed by atoms with Gasteiger partial charge >= 0.3 is 0 Å². The van der Waals surface area contributed by atoms with Crippen LogP contribution >= 0.6 is 11.6 Å². The first-order valence-electron chi connectivity index (χ1n) is 8.75. The first-order chi connectivity index (χ1) is 14.3. The highest BCUT2D eigenvalue weighted by Gasteiger charge is 2.06. The van der Waals surface area contributed by atoms with Gasteiger partial charge < -0.3 is 10.1 Å². The molecule has 0 spiro atoms. The molecule has 0 saturated carbocycles. The first-order valence-corrected chi connectivity index (χ1v) is 10.7. The molecule has 0 heterocycles. The Morgan fingerprint density at radius 3 is 2.40 bits per heavy atom. The van der Waals surface area contributed by atoms with Crippen molar-refractivity contribution in [2.24, 2.45) is 10.1 Å². The quantitative estimate of drug-likeness (QED) is 0.541. The van der Waals surface area contributed by atoms with Gasteiger partial charge in [-0.15, -0.1) is 0 Å². The topological polar surface area (TPSA) is 111 Å². The van der Waals surface area contributed by atoms with Crippen LogP contribution < -0.4 is 15.2 Å². The number of primary sulfonamides is 1. The van der Waals surface area contributed by atoms with E-state index < -0.39 is 10.0 Å². The van der Waals surface area contributed by atoms with Crippen LogP contribution in [0.15, 0.2) is 82.7 Å². The highest BCUT2D eigenvalue weighted by molar-refractivity contribution is 7.89. The van der Waals surface area contributed by atoms with Crippen molar-refractivity contribution in [2.75, 3.05) is 11.9 Å². The predicted molar refractivity (Wildman–Crippen MR) is 117 cm³/mol.